The van der Waals surface area contributed by atoms with E-state index in [9.17, 15) is 0 Å². The molecule has 1 rings (SSSR count). The average Bonchev–Trinajstić information content (AvgIpc) is 1.82. The summed E-state index contributed by atoms with van der Waals surface area (Å²) in [6.45, 7) is 3.98. The van der Waals surface area contributed by atoms with E-state index in [1.165, 1.54) is 0 Å². The molecular weight excluding hydrogens is 150 g/mol. The molecule has 0 saturated heterocycles. The van der Waals surface area contributed by atoms with Gasteiger partial charge in [0.15, 0.2) is 0 Å². The van der Waals surface area contributed by atoms with Gasteiger partial charge in [-0.05, 0) is 13.8 Å². The van der Waals surface area contributed by atoms with Crippen molar-refractivity contribution in [2.45, 2.75) is 19.6 Å². The van der Waals surface area contributed by atoms with Gasteiger partial charge in [0.1, 0.15) is 5.79 Å². The molecule has 0 bridgehead atoms. The van der Waals surface area contributed by atoms with E-state index >= 15 is 0 Å². The van der Waals surface area contributed by atoms with Crippen LogP contribution in [0.15, 0.2) is 18.2 Å². The molecule has 0 aliphatic carbocycles. The lowest BCUT2D eigenvalue weighted by molar-refractivity contribution is 0.488. The first-order valence-electron chi connectivity index (χ1n) is 3.85. The summed E-state index contributed by atoms with van der Waals surface area (Å²) in [6, 6.07) is 5.84. The molecule has 3 heteroatoms. The molecule has 3 nitrogen and oxygen atoms in total. The van der Waals surface area contributed by atoms with E-state index in [4.69, 9.17) is 17.2 Å². The number of benzene rings is 1. The Morgan fingerprint density at radius 1 is 0.917 bits per heavy atom. The minimum absolute atomic E-state index is 0.764. The zero-order valence-corrected chi connectivity index (χ0v) is 7.46. The molecule has 0 radical (unpaired) electrons. The number of rotatable bonds is 1. The van der Waals surface area contributed by atoms with Gasteiger partial charge in [-0.3, -0.25) is 17.2 Å². The molecule has 6 N–H and O–H groups in total. The molecule has 0 saturated carbocycles. The van der Waals surface area contributed by atoms with Gasteiger partial charge in [-0.15, -0.1) is 0 Å². The summed E-state index contributed by atoms with van der Waals surface area (Å²) >= 11 is 0. The molecule has 0 aliphatic heterocycles. The standard InChI is InChI=1S/C9H15N3/c1-6-3-7(2)5-8(4-6)9(10,11)12/h3-5H,10-12H2,1-2H3. The van der Waals surface area contributed by atoms with Crippen LogP contribution in [-0.4, -0.2) is 0 Å². The Kier molecular flexibility index (Phi) is 2.19. The molecule has 12 heavy (non-hydrogen) atoms. The number of aryl methyl sites for hydroxylation is 2. The molecule has 0 fully saturated rings. The third-order valence-corrected chi connectivity index (χ3v) is 1.72. The van der Waals surface area contributed by atoms with Gasteiger partial charge in [0.25, 0.3) is 0 Å². The van der Waals surface area contributed by atoms with Crippen LogP contribution in [0.5, 0.6) is 0 Å². The van der Waals surface area contributed by atoms with E-state index in [0.29, 0.717) is 0 Å². The van der Waals surface area contributed by atoms with Gasteiger partial charge < -0.3 is 0 Å². The molecule has 0 spiro atoms. The molecule has 1 aromatic carbocycles. The van der Waals surface area contributed by atoms with E-state index in [2.05, 4.69) is 6.07 Å². The lowest BCUT2D eigenvalue weighted by Crippen LogP contribution is -2.54. The van der Waals surface area contributed by atoms with Crippen LogP contribution in [0, 0.1) is 13.8 Å². The second kappa shape index (κ2) is 2.86. The van der Waals surface area contributed by atoms with Crippen LogP contribution in [0.4, 0.5) is 0 Å². The normalized spacial score (nSPS) is 11.8. The zero-order chi connectivity index (χ0) is 9.35. The molecule has 0 aliphatic rings. The molecule has 0 aromatic heterocycles. The minimum atomic E-state index is -1.23. The first-order valence-corrected chi connectivity index (χ1v) is 3.85. The summed E-state index contributed by atoms with van der Waals surface area (Å²) in [7, 11) is 0. The van der Waals surface area contributed by atoms with E-state index in [-0.39, 0.29) is 0 Å². The van der Waals surface area contributed by atoms with Gasteiger partial charge in [-0.1, -0.05) is 29.3 Å². The molecule has 1 aromatic rings. The highest BCUT2D eigenvalue weighted by molar-refractivity contribution is 5.31. The first-order chi connectivity index (χ1) is 5.39. The molecule has 0 atom stereocenters. The molecule has 0 amide bonds. The Morgan fingerprint density at radius 2 is 1.33 bits per heavy atom. The summed E-state index contributed by atoms with van der Waals surface area (Å²) in [5.74, 6) is -1.23. The van der Waals surface area contributed by atoms with Crippen LogP contribution >= 0.6 is 0 Å². The molecular formula is C9H15N3. The smallest absolute Gasteiger partial charge is 0.142 e. The van der Waals surface area contributed by atoms with Crippen LogP contribution in [0.2, 0.25) is 0 Å². The van der Waals surface area contributed by atoms with E-state index in [1.807, 2.05) is 26.0 Å². The van der Waals surface area contributed by atoms with Crippen molar-refractivity contribution in [3.05, 3.63) is 34.9 Å². The van der Waals surface area contributed by atoms with Crippen LogP contribution in [0.3, 0.4) is 0 Å². The highest BCUT2D eigenvalue weighted by Gasteiger charge is 2.15. The van der Waals surface area contributed by atoms with E-state index in [1.54, 1.807) is 0 Å². The lowest BCUT2D eigenvalue weighted by Gasteiger charge is -2.19. The maximum atomic E-state index is 5.55. The van der Waals surface area contributed by atoms with Crippen LogP contribution in [-0.2, 0) is 5.79 Å². The minimum Gasteiger partial charge on any atom is -0.297 e. The fourth-order valence-electron chi connectivity index (χ4n) is 1.22. The number of hydrogen-bond acceptors (Lipinski definition) is 3. The monoisotopic (exact) mass is 165 g/mol. The van der Waals surface area contributed by atoms with Crippen molar-refractivity contribution in [2.24, 2.45) is 17.2 Å². The second-order valence-corrected chi connectivity index (χ2v) is 3.31. The third kappa shape index (κ3) is 2.04. The van der Waals surface area contributed by atoms with Crippen molar-refractivity contribution in [1.29, 1.82) is 0 Å². The maximum Gasteiger partial charge on any atom is 0.142 e. The number of hydrogen-bond donors (Lipinski definition) is 3. The Hall–Kier alpha value is -0.900. The predicted octanol–water partition coefficient (Wildman–Crippen LogP) is 0.290. The summed E-state index contributed by atoms with van der Waals surface area (Å²) in [6.07, 6.45) is 0. The van der Waals surface area contributed by atoms with Crippen molar-refractivity contribution in [3.8, 4) is 0 Å². The topological polar surface area (TPSA) is 78.1 Å². The van der Waals surface area contributed by atoms with Crippen LogP contribution in [0.25, 0.3) is 0 Å². The third-order valence-electron chi connectivity index (χ3n) is 1.72. The van der Waals surface area contributed by atoms with Gasteiger partial charge in [0.2, 0.25) is 0 Å². The molecule has 0 unspecified atom stereocenters. The van der Waals surface area contributed by atoms with Crippen molar-refractivity contribution < 1.29 is 0 Å². The van der Waals surface area contributed by atoms with Crippen molar-refractivity contribution >= 4 is 0 Å². The van der Waals surface area contributed by atoms with Crippen LogP contribution < -0.4 is 17.2 Å². The summed E-state index contributed by atoms with van der Waals surface area (Å²) in [5, 5.41) is 0. The average molecular weight is 165 g/mol. The Labute approximate surface area is 72.5 Å². The molecule has 66 valence electrons. The van der Waals surface area contributed by atoms with Crippen molar-refractivity contribution in [3.63, 3.8) is 0 Å². The number of nitrogens with two attached hydrogens (primary N) is 3. The van der Waals surface area contributed by atoms with E-state index in [0.717, 1.165) is 16.7 Å². The van der Waals surface area contributed by atoms with Gasteiger partial charge in [-0.25, -0.2) is 0 Å². The van der Waals surface area contributed by atoms with Crippen molar-refractivity contribution in [1.82, 2.24) is 0 Å². The quantitative estimate of drug-likeness (QED) is 0.523. The van der Waals surface area contributed by atoms with Crippen molar-refractivity contribution in [2.75, 3.05) is 0 Å². The fraction of sp³-hybridized carbons (Fsp3) is 0.333. The summed E-state index contributed by atoms with van der Waals surface area (Å²) < 4.78 is 0. The van der Waals surface area contributed by atoms with Gasteiger partial charge in [0.05, 0.1) is 0 Å². The Balaban J connectivity index is 3.18. The second-order valence-electron chi connectivity index (χ2n) is 3.31. The van der Waals surface area contributed by atoms with E-state index < -0.39 is 5.79 Å². The van der Waals surface area contributed by atoms with Gasteiger partial charge >= 0.3 is 0 Å². The Bertz CT molecular complexity index is 266. The first kappa shape index (κ1) is 9.19. The SMILES string of the molecule is Cc1cc(C)cc(C(N)(N)N)c1. The van der Waals surface area contributed by atoms with Crippen LogP contribution in [0.1, 0.15) is 16.7 Å². The Morgan fingerprint density at radius 3 is 1.67 bits per heavy atom. The summed E-state index contributed by atoms with van der Waals surface area (Å²) in [5.41, 5.74) is 19.7. The molecule has 0 heterocycles. The maximum absolute atomic E-state index is 5.55. The van der Waals surface area contributed by atoms with Gasteiger partial charge in [-0.2, -0.15) is 0 Å². The lowest BCUT2D eigenvalue weighted by atomic mass is 10.0. The highest BCUT2D eigenvalue weighted by atomic mass is 15.1. The zero-order valence-electron chi connectivity index (χ0n) is 7.46. The predicted molar refractivity (Wildman–Crippen MR) is 50.2 cm³/mol. The fourth-order valence-corrected chi connectivity index (χ4v) is 1.22. The largest absolute Gasteiger partial charge is 0.297 e. The highest BCUT2D eigenvalue weighted by Crippen LogP contribution is 2.12. The van der Waals surface area contributed by atoms with Gasteiger partial charge in [0, 0.05) is 5.56 Å². The summed E-state index contributed by atoms with van der Waals surface area (Å²) in [4.78, 5) is 0.